The third-order valence-corrected chi connectivity index (χ3v) is 5.78. The molecular weight excluding hydrogens is 350 g/mol. The highest BCUT2D eigenvalue weighted by molar-refractivity contribution is 7.07. The number of fused-ring (bicyclic) bond motifs is 1. The van der Waals surface area contributed by atoms with Crippen LogP contribution in [-0.2, 0) is 35.5 Å². The fourth-order valence-electron chi connectivity index (χ4n) is 3.61. The summed E-state index contributed by atoms with van der Waals surface area (Å²) in [6.07, 6.45) is 3.15. The van der Waals surface area contributed by atoms with Gasteiger partial charge in [0.25, 0.3) is 0 Å². The minimum atomic E-state index is -0.267. The van der Waals surface area contributed by atoms with Crippen molar-refractivity contribution in [2.75, 3.05) is 26.2 Å². The highest BCUT2D eigenvalue weighted by Gasteiger charge is 2.23. The van der Waals surface area contributed by atoms with Gasteiger partial charge in [-0.25, -0.2) is 0 Å². The van der Waals surface area contributed by atoms with E-state index in [1.807, 2.05) is 0 Å². The first-order chi connectivity index (χ1) is 12.8. The first-order valence-electron chi connectivity index (χ1n) is 9.33. The van der Waals surface area contributed by atoms with Gasteiger partial charge < -0.3 is 14.6 Å². The molecule has 26 heavy (non-hydrogen) atoms. The summed E-state index contributed by atoms with van der Waals surface area (Å²) in [6.45, 7) is 5.17. The van der Waals surface area contributed by atoms with E-state index in [1.165, 1.54) is 5.56 Å². The molecule has 2 aliphatic rings. The SMILES string of the molecule is O=C(NCCc1nnc2n1CCN(Cc1ccsc1)CC2)[C@@H]1CCCO1. The number of rotatable bonds is 6. The standard InChI is InChI=1S/C18H25N5O2S/c24-18(15-2-1-10-25-15)19-6-3-16-20-21-17-4-7-22(8-9-23(16)17)12-14-5-11-26-13-14/h5,11,13,15H,1-4,6-10,12H2,(H,19,24)/t15-/m0/s1. The van der Waals surface area contributed by atoms with Crippen LogP contribution in [0, 0.1) is 0 Å². The van der Waals surface area contributed by atoms with Gasteiger partial charge in [0.15, 0.2) is 0 Å². The molecule has 8 heteroatoms. The van der Waals surface area contributed by atoms with Crippen molar-refractivity contribution in [3.05, 3.63) is 34.0 Å². The Morgan fingerprint density at radius 3 is 3.12 bits per heavy atom. The maximum atomic E-state index is 12.0. The molecule has 0 aliphatic carbocycles. The lowest BCUT2D eigenvalue weighted by atomic mass is 10.2. The Morgan fingerprint density at radius 1 is 1.35 bits per heavy atom. The van der Waals surface area contributed by atoms with Crippen molar-refractivity contribution in [3.8, 4) is 0 Å². The highest BCUT2D eigenvalue weighted by atomic mass is 32.1. The van der Waals surface area contributed by atoms with Gasteiger partial charge in [-0.1, -0.05) is 0 Å². The van der Waals surface area contributed by atoms with Crippen molar-refractivity contribution in [1.82, 2.24) is 25.0 Å². The molecule has 7 nitrogen and oxygen atoms in total. The van der Waals surface area contributed by atoms with Crippen molar-refractivity contribution in [3.63, 3.8) is 0 Å². The van der Waals surface area contributed by atoms with Crippen LogP contribution in [0.2, 0.25) is 0 Å². The summed E-state index contributed by atoms with van der Waals surface area (Å²) in [6, 6.07) is 2.19. The number of aromatic nitrogens is 3. The van der Waals surface area contributed by atoms with Gasteiger partial charge in [-0.3, -0.25) is 9.69 Å². The summed E-state index contributed by atoms with van der Waals surface area (Å²) in [5, 5.41) is 16.0. The average Bonchev–Trinajstić information content (AvgIpc) is 3.38. The van der Waals surface area contributed by atoms with Crippen molar-refractivity contribution in [2.45, 2.75) is 44.9 Å². The molecule has 4 heterocycles. The van der Waals surface area contributed by atoms with E-state index in [1.54, 1.807) is 11.3 Å². The first kappa shape index (κ1) is 17.6. The van der Waals surface area contributed by atoms with Gasteiger partial charge in [-0.2, -0.15) is 11.3 Å². The molecule has 4 rings (SSSR count). The molecule has 0 unspecified atom stereocenters. The highest BCUT2D eigenvalue weighted by Crippen LogP contribution is 2.15. The number of amides is 1. The molecule has 2 aromatic rings. The van der Waals surface area contributed by atoms with E-state index in [9.17, 15) is 4.79 Å². The quantitative estimate of drug-likeness (QED) is 0.822. The van der Waals surface area contributed by atoms with Crippen LogP contribution in [0.25, 0.3) is 0 Å². The molecule has 1 fully saturated rings. The molecule has 0 spiro atoms. The van der Waals surface area contributed by atoms with Crippen LogP contribution in [0.5, 0.6) is 0 Å². The van der Waals surface area contributed by atoms with Gasteiger partial charge in [-0.05, 0) is 35.2 Å². The van der Waals surface area contributed by atoms with Gasteiger partial charge in [0.05, 0.1) is 0 Å². The average molecular weight is 375 g/mol. The number of carbonyl (C=O) groups is 1. The molecule has 2 aliphatic heterocycles. The Balaban J connectivity index is 1.29. The Morgan fingerprint density at radius 2 is 2.31 bits per heavy atom. The van der Waals surface area contributed by atoms with Crippen molar-refractivity contribution >= 4 is 17.2 Å². The normalized spacial score (nSPS) is 20.7. The van der Waals surface area contributed by atoms with Gasteiger partial charge in [0, 0.05) is 52.2 Å². The Labute approximate surface area is 157 Å². The summed E-state index contributed by atoms with van der Waals surface area (Å²) in [5.41, 5.74) is 1.38. The third kappa shape index (κ3) is 4.13. The number of hydrogen-bond acceptors (Lipinski definition) is 6. The van der Waals surface area contributed by atoms with Crippen LogP contribution in [0.1, 0.15) is 30.1 Å². The minimum Gasteiger partial charge on any atom is -0.368 e. The first-order valence-corrected chi connectivity index (χ1v) is 10.3. The molecule has 140 valence electrons. The van der Waals surface area contributed by atoms with E-state index < -0.39 is 0 Å². The smallest absolute Gasteiger partial charge is 0.249 e. The molecule has 1 N–H and O–H groups in total. The Bertz CT molecular complexity index is 724. The molecular formula is C18H25N5O2S. The van der Waals surface area contributed by atoms with Crippen LogP contribution in [0.4, 0.5) is 0 Å². The van der Waals surface area contributed by atoms with Crippen LogP contribution in [0.3, 0.4) is 0 Å². The van der Waals surface area contributed by atoms with Gasteiger partial charge in [0.2, 0.25) is 5.91 Å². The molecule has 1 amide bonds. The zero-order valence-electron chi connectivity index (χ0n) is 14.9. The van der Waals surface area contributed by atoms with Crippen LogP contribution in [-0.4, -0.2) is 57.9 Å². The Hall–Kier alpha value is -1.77. The van der Waals surface area contributed by atoms with Crippen molar-refractivity contribution < 1.29 is 9.53 Å². The predicted octanol–water partition coefficient (Wildman–Crippen LogP) is 1.24. The zero-order chi connectivity index (χ0) is 17.8. The van der Waals surface area contributed by atoms with Gasteiger partial charge >= 0.3 is 0 Å². The van der Waals surface area contributed by atoms with Crippen LogP contribution in [0.15, 0.2) is 16.8 Å². The second kappa shape index (κ2) is 8.28. The van der Waals surface area contributed by atoms with E-state index in [0.29, 0.717) is 19.6 Å². The molecule has 0 saturated carbocycles. The van der Waals surface area contributed by atoms with Gasteiger partial charge in [0.1, 0.15) is 17.8 Å². The molecule has 0 aromatic carbocycles. The van der Waals surface area contributed by atoms with Crippen molar-refractivity contribution in [1.29, 1.82) is 0 Å². The number of nitrogens with one attached hydrogen (secondary N) is 1. The fourth-order valence-corrected chi connectivity index (χ4v) is 4.27. The van der Waals surface area contributed by atoms with Crippen LogP contribution < -0.4 is 5.32 Å². The monoisotopic (exact) mass is 375 g/mol. The predicted molar refractivity (Wildman–Crippen MR) is 99.0 cm³/mol. The number of thiophene rings is 1. The molecule has 0 radical (unpaired) electrons. The van der Waals surface area contributed by atoms with E-state index in [4.69, 9.17) is 4.74 Å². The topological polar surface area (TPSA) is 72.3 Å². The summed E-state index contributed by atoms with van der Waals surface area (Å²) in [5.74, 6) is 2.02. The molecule has 0 bridgehead atoms. The summed E-state index contributed by atoms with van der Waals surface area (Å²) in [4.78, 5) is 14.5. The fraction of sp³-hybridized carbons (Fsp3) is 0.611. The summed E-state index contributed by atoms with van der Waals surface area (Å²) < 4.78 is 7.64. The molecule has 1 saturated heterocycles. The van der Waals surface area contributed by atoms with Gasteiger partial charge in [-0.15, -0.1) is 10.2 Å². The lowest BCUT2D eigenvalue weighted by molar-refractivity contribution is -0.130. The second-order valence-electron chi connectivity index (χ2n) is 6.88. The Kier molecular flexibility index (Phi) is 5.62. The maximum Gasteiger partial charge on any atom is 0.249 e. The maximum absolute atomic E-state index is 12.0. The minimum absolute atomic E-state index is 0.0000400. The lowest BCUT2D eigenvalue weighted by Crippen LogP contribution is -2.35. The number of carbonyl (C=O) groups excluding carboxylic acids is 1. The second-order valence-corrected chi connectivity index (χ2v) is 7.66. The number of nitrogens with zero attached hydrogens (tertiary/aromatic N) is 4. The van der Waals surface area contributed by atoms with E-state index in [0.717, 1.165) is 57.1 Å². The van der Waals surface area contributed by atoms with Crippen LogP contribution >= 0.6 is 11.3 Å². The third-order valence-electron chi connectivity index (χ3n) is 5.05. The zero-order valence-corrected chi connectivity index (χ0v) is 15.7. The largest absolute Gasteiger partial charge is 0.368 e. The number of ether oxygens (including phenoxy) is 1. The molecule has 2 aromatic heterocycles. The summed E-state index contributed by atoms with van der Waals surface area (Å²) in [7, 11) is 0. The van der Waals surface area contributed by atoms with E-state index in [-0.39, 0.29) is 12.0 Å². The molecule has 1 atom stereocenters. The summed E-state index contributed by atoms with van der Waals surface area (Å²) >= 11 is 1.75. The van der Waals surface area contributed by atoms with E-state index in [2.05, 4.69) is 41.8 Å². The van der Waals surface area contributed by atoms with E-state index >= 15 is 0 Å². The lowest BCUT2D eigenvalue weighted by Gasteiger charge is -2.18. The number of hydrogen-bond donors (Lipinski definition) is 1. The van der Waals surface area contributed by atoms with Crippen molar-refractivity contribution in [2.24, 2.45) is 0 Å².